The van der Waals surface area contributed by atoms with Crippen LogP contribution in [-0.2, 0) is 14.2 Å². The van der Waals surface area contributed by atoms with Crippen molar-refractivity contribution < 1.29 is 19.3 Å². The highest BCUT2D eigenvalue weighted by Crippen LogP contribution is 2.25. The van der Waals surface area contributed by atoms with Crippen LogP contribution < -0.4 is 0 Å². The highest BCUT2D eigenvalue weighted by Gasteiger charge is 2.41. The highest BCUT2D eigenvalue weighted by molar-refractivity contribution is 6.11. The van der Waals surface area contributed by atoms with Crippen molar-refractivity contribution in [2.45, 2.75) is 50.7 Å². The van der Waals surface area contributed by atoms with Gasteiger partial charge >= 0.3 is 0 Å². The molecule has 0 aromatic heterocycles. The van der Waals surface area contributed by atoms with Gasteiger partial charge in [0.15, 0.2) is 0 Å². The molecule has 1 rings (SSSR count). The molecule has 0 radical (unpaired) electrons. The second kappa shape index (κ2) is 5.84. The van der Waals surface area contributed by atoms with Crippen LogP contribution >= 0.6 is 0 Å². The Balaban J connectivity index is 2.46. The van der Waals surface area contributed by atoms with Gasteiger partial charge in [-0.15, -0.1) is 0 Å². The minimum atomic E-state index is -0.524. The molecule has 0 aliphatic carbocycles. The summed E-state index contributed by atoms with van der Waals surface area (Å²) in [5.74, 6) is 0. The molecule has 1 aliphatic heterocycles. The number of aliphatic hydroxyl groups is 1. The first-order valence-corrected chi connectivity index (χ1v) is 5.58. The number of hydrogen-bond acceptors (Lipinski definition) is 4. The van der Waals surface area contributed by atoms with E-state index < -0.39 is 6.10 Å². The summed E-state index contributed by atoms with van der Waals surface area (Å²) in [6.07, 6.45) is -0.0650. The molecule has 1 heterocycles. The molecule has 0 spiro atoms. The van der Waals surface area contributed by atoms with Crippen molar-refractivity contribution in [2.75, 3.05) is 13.7 Å². The normalized spacial score (nSPS) is 38.1. The van der Waals surface area contributed by atoms with Crippen molar-refractivity contribution in [1.29, 1.82) is 0 Å². The lowest BCUT2D eigenvalue weighted by molar-refractivity contribution is -0.0792. The Morgan fingerprint density at radius 1 is 1.53 bits per heavy atom. The van der Waals surface area contributed by atoms with E-state index in [1.165, 1.54) is 0 Å². The molecule has 1 aliphatic rings. The molecule has 0 aromatic carbocycles. The zero-order valence-corrected chi connectivity index (χ0v) is 9.97. The van der Waals surface area contributed by atoms with Crippen LogP contribution in [0.25, 0.3) is 0 Å². The quantitative estimate of drug-likeness (QED) is 0.631. The summed E-state index contributed by atoms with van der Waals surface area (Å²) in [5, 5.41) is 9.95. The monoisotopic (exact) mass is 216 g/mol. The predicted molar refractivity (Wildman–Crippen MR) is 59.7 cm³/mol. The summed E-state index contributed by atoms with van der Waals surface area (Å²) in [6, 6.07) is -0.0516. The Kier molecular flexibility index (Phi) is 5.05. The van der Waals surface area contributed by atoms with E-state index in [4.69, 9.17) is 14.2 Å². The lowest BCUT2D eigenvalue weighted by Gasteiger charge is -2.23. The summed E-state index contributed by atoms with van der Waals surface area (Å²) >= 11 is 0. The van der Waals surface area contributed by atoms with Crippen LogP contribution in [0.1, 0.15) is 20.3 Å². The zero-order chi connectivity index (χ0) is 11.4. The molecule has 0 bridgehead atoms. The first kappa shape index (κ1) is 13.0. The van der Waals surface area contributed by atoms with Crippen LogP contribution in [0.5, 0.6) is 0 Å². The van der Waals surface area contributed by atoms with Gasteiger partial charge < -0.3 is 19.3 Å². The van der Waals surface area contributed by atoms with E-state index in [1.807, 2.05) is 21.7 Å². The molecule has 1 N–H and O–H groups in total. The molecule has 0 amide bonds. The average Bonchev–Trinajstić information content (AvgIpc) is 2.45. The van der Waals surface area contributed by atoms with Crippen LogP contribution in [0.4, 0.5) is 0 Å². The molecule has 5 heteroatoms. The maximum Gasteiger partial charge on any atom is 0.142 e. The Morgan fingerprint density at radius 2 is 2.20 bits per heavy atom. The summed E-state index contributed by atoms with van der Waals surface area (Å²) in [5.41, 5.74) is 0. The third-order valence-corrected chi connectivity index (χ3v) is 2.76. The van der Waals surface area contributed by atoms with Crippen LogP contribution in [-0.4, -0.2) is 57.1 Å². The van der Waals surface area contributed by atoms with Crippen molar-refractivity contribution in [2.24, 2.45) is 0 Å². The molecule has 1 fully saturated rings. The number of aliphatic hydroxyl groups excluding tert-OH is 1. The van der Waals surface area contributed by atoms with Gasteiger partial charge in [0.25, 0.3) is 0 Å². The van der Waals surface area contributed by atoms with Crippen LogP contribution in [0.2, 0.25) is 0 Å². The fourth-order valence-electron chi connectivity index (χ4n) is 1.99. The summed E-state index contributed by atoms with van der Waals surface area (Å²) in [7, 11) is 3.57. The number of methoxy groups -OCH3 is 1. The van der Waals surface area contributed by atoms with E-state index in [-0.39, 0.29) is 24.3 Å². The van der Waals surface area contributed by atoms with Crippen molar-refractivity contribution in [3.63, 3.8) is 0 Å². The van der Waals surface area contributed by atoms with Gasteiger partial charge in [0, 0.05) is 7.11 Å². The number of hydrogen-bond donors (Lipinski definition) is 1. The molecule has 2 unspecified atom stereocenters. The first-order valence-electron chi connectivity index (χ1n) is 5.58. The fourth-order valence-corrected chi connectivity index (χ4v) is 1.99. The minimum absolute atomic E-state index is 0.0173. The SMILES string of the molecule is B[C@@H]1O[C@H](CC)[C@H](O)C1OC(C)COC. The van der Waals surface area contributed by atoms with Crippen molar-refractivity contribution >= 4 is 7.85 Å². The van der Waals surface area contributed by atoms with Gasteiger partial charge in [-0.2, -0.15) is 0 Å². The number of ether oxygens (including phenoxy) is 3. The Morgan fingerprint density at radius 3 is 2.67 bits per heavy atom. The molecule has 0 aromatic rings. The molecular weight excluding hydrogens is 195 g/mol. The number of rotatable bonds is 5. The first-order chi connectivity index (χ1) is 7.10. The van der Waals surface area contributed by atoms with Gasteiger partial charge in [-0.3, -0.25) is 0 Å². The summed E-state index contributed by atoms with van der Waals surface area (Å²) < 4.78 is 16.3. The molecule has 4 nitrogen and oxygen atoms in total. The summed E-state index contributed by atoms with van der Waals surface area (Å²) in [4.78, 5) is 0. The van der Waals surface area contributed by atoms with E-state index in [9.17, 15) is 5.11 Å². The second-order valence-electron chi connectivity index (χ2n) is 4.15. The van der Waals surface area contributed by atoms with Crippen LogP contribution in [0.3, 0.4) is 0 Å². The van der Waals surface area contributed by atoms with E-state index in [2.05, 4.69) is 0 Å². The van der Waals surface area contributed by atoms with Gasteiger partial charge in [0.05, 0.1) is 24.8 Å². The standard InChI is InChI=1S/C10H21BO4/c1-4-7-8(12)9(10(11)15-7)14-6(2)5-13-3/h6-10,12H,4-5,11H2,1-3H3/t6?,7-,8+,9?,10-/m1/s1. The molecule has 5 atom stereocenters. The average molecular weight is 216 g/mol. The molecular formula is C10H21BO4. The molecule has 15 heavy (non-hydrogen) atoms. The van der Waals surface area contributed by atoms with E-state index in [0.717, 1.165) is 6.42 Å². The van der Waals surface area contributed by atoms with Crippen molar-refractivity contribution in [3.05, 3.63) is 0 Å². The molecule has 88 valence electrons. The third-order valence-electron chi connectivity index (χ3n) is 2.76. The van der Waals surface area contributed by atoms with Crippen molar-refractivity contribution in [1.82, 2.24) is 0 Å². The second-order valence-corrected chi connectivity index (χ2v) is 4.15. The van der Waals surface area contributed by atoms with Crippen LogP contribution in [0, 0.1) is 0 Å². The van der Waals surface area contributed by atoms with Gasteiger partial charge in [0.1, 0.15) is 20.1 Å². The lowest BCUT2D eigenvalue weighted by atomic mass is 9.92. The zero-order valence-electron chi connectivity index (χ0n) is 9.97. The Labute approximate surface area is 92.3 Å². The van der Waals surface area contributed by atoms with Gasteiger partial charge in [-0.25, -0.2) is 0 Å². The van der Waals surface area contributed by atoms with Crippen LogP contribution in [0.15, 0.2) is 0 Å². The van der Waals surface area contributed by atoms with Crippen molar-refractivity contribution in [3.8, 4) is 0 Å². The Hall–Kier alpha value is -0.0951. The topological polar surface area (TPSA) is 47.9 Å². The smallest absolute Gasteiger partial charge is 0.142 e. The van der Waals surface area contributed by atoms with E-state index in [0.29, 0.717) is 6.61 Å². The summed E-state index contributed by atoms with van der Waals surface area (Å²) in [6.45, 7) is 4.47. The maximum atomic E-state index is 9.95. The van der Waals surface area contributed by atoms with Gasteiger partial charge in [0.2, 0.25) is 0 Å². The van der Waals surface area contributed by atoms with Gasteiger partial charge in [-0.05, 0) is 13.3 Å². The maximum absolute atomic E-state index is 9.95. The predicted octanol–water partition coefficient (Wildman–Crippen LogP) is -0.465. The Bertz CT molecular complexity index is 190. The van der Waals surface area contributed by atoms with E-state index in [1.54, 1.807) is 7.11 Å². The fraction of sp³-hybridized carbons (Fsp3) is 1.00. The largest absolute Gasteiger partial charge is 0.388 e. The molecule has 0 saturated carbocycles. The minimum Gasteiger partial charge on any atom is -0.388 e. The molecule has 1 saturated heterocycles. The highest BCUT2D eigenvalue weighted by atomic mass is 16.6. The van der Waals surface area contributed by atoms with E-state index >= 15 is 0 Å². The third kappa shape index (κ3) is 3.18. The lowest BCUT2D eigenvalue weighted by Crippen LogP contribution is -2.38. The van der Waals surface area contributed by atoms with Gasteiger partial charge in [-0.1, -0.05) is 6.92 Å².